The molecule has 120 valence electrons. The molecule has 0 radical (unpaired) electrons. The molecule has 3 saturated heterocycles. The number of carbonyl (C=O) groups is 1. The highest BCUT2D eigenvalue weighted by molar-refractivity contribution is 5.79. The van der Waals surface area contributed by atoms with Crippen LogP contribution in [0, 0.1) is 5.92 Å². The Balaban J connectivity index is 1.59. The minimum absolute atomic E-state index is 0.140. The Labute approximate surface area is 127 Å². The van der Waals surface area contributed by atoms with Gasteiger partial charge in [-0.15, -0.1) is 0 Å². The second kappa shape index (κ2) is 7.56. The minimum Gasteiger partial charge on any atom is -0.376 e. The molecule has 2 unspecified atom stereocenters. The molecule has 0 aromatic heterocycles. The molecule has 3 atom stereocenters. The molecule has 0 bridgehead atoms. The zero-order valence-corrected chi connectivity index (χ0v) is 12.9. The summed E-state index contributed by atoms with van der Waals surface area (Å²) in [4.78, 5) is 14.9. The van der Waals surface area contributed by atoms with E-state index in [2.05, 4.69) is 5.32 Å². The van der Waals surface area contributed by atoms with E-state index in [0.717, 1.165) is 77.9 Å². The highest BCUT2D eigenvalue weighted by atomic mass is 16.5. The monoisotopic (exact) mass is 296 g/mol. The maximum atomic E-state index is 12.8. The molecule has 3 aliphatic heterocycles. The lowest BCUT2D eigenvalue weighted by Gasteiger charge is -2.32. The van der Waals surface area contributed by atoms with Crippen LogP contribution in [0.25, 0.3) is 0 Å². The van der Waals surface area contributed by atoms with E-state index in [1.165, 1.54) is 0 Å². The summed E-state index contributed by atoms with van der Waals surface area (Å²) < 4.78 is 11.5. The van der Waals surface area contributed by atoms with Crippen LogP contribution in [0.1, 0.15) is 38.5 Å². The molecule has 1 amide bonds. The predicted octanol–water partition coefficient (Wildman–Crippen LogP) is 1.17. The van der Waals surface area contributed by atoms with Crippen LogP contribution in [0.2, 0.25) is 0 Å². The number of hydrogen-bond acceptors (Lipinski definition) is 4. The number of rotatable bonds is 5. The minimum atomic E-state index is 0.140. The van der Waals surface area contributed by atoms with Crippen molar-refractivity contribution in [2.75, 3.05) is 39.4 Å². The van der Waals surface area contributed by atoms with Gasteiger partial charge in [0, 0.05) is 32.8 Å². The first-order valence-electron chi connectivity index (χ1n) is 8.55. The van der Waals surface area contributed by atoms with E-state index >= 15 is 0 Å². The van der Waals surface area contributed by atoms with Crippen molar-refractivity contribution in [3.63, 3.8) is 0 Å². The van der Waals surface area contributed by atoms with E-state index in [-0.39, 0.29) is 18.1 Å². The lowest BCUT2D eigenvalue weighted by Crippen LogP contribution is -2.48. The van der Waals surface area contributed by atoms with Crippen molar-refractivity contribution in [2.24, 2.45) is 5.92 Å². The lowest BCUT2D eigenvalue weighted by molar-refractivity contribution is -0.139. The summed E-state index contributed by atoms with van der Waals surface area (Å²) in [5, 5.41) is 3.35. The third kappa shape index (κ3) is 4.18. The molecule has 0 aromatic carbocycles. The van der Waals surface area contributed by atoms with Crippen molar-refractivity contribution in [3.8, 4) is 0 Å². The molecule has 0 aromatic rings. The number of carbonyl (C=O) groups excluding carboxylic acids is 1. The fraction of sp³-hybridized carbons (Fsp3) is 0.938. The summed E-state index contributed by atoms with van der Waals surface area (Å²) in [7, 11) is 0. The van der Waals surface area contributed by atoms with Gasteiger partial charge in [-0.25, -0.2) is 0 Å². The molecule has 3 rings (SSSR count). The van der Waals surface area contributed by atoms with Gasteiger partial charge >= 0.3 is 0 Å². The van der Waals surface area contributed by atoms with Gasteiger partial charge < -0.3 is 19.7 Å². The molecule has 3 aliphatic rings. The third-order valence-corrected chi connectivity index (χ3v) is 4.85. The first kappa shape index (κ1) is 15.3. The Morgan fingerprint density at radius 3 is 2.14 bits per heavy atom. The summed E-state index contributed by atoms with van der Waals surface area (Å²) in [6.07, 6.45) is 6.98. The Morgan fingerprint density at radius 2 is 1.67 bits per heavy atom. The maximum absolute atomic E-state index is 12.8. The van der Waals surface area contributed by atoms with Crippen molar-refractivity contribution < 1.29 is 14.3 Å². The zero-order valence-electron chi connectivity index (χ0n) is 12.9. The summed E-state index contributed by atoms with van der Waals surface area (Å²) in [6, 6.07) is 0. The topological polar surface area (TPSA) is 50.8 Å². The van der Waals surface area contributed by atoms with Crippen LogP contribution in [0.3, 0.4) is 0 Å². The standard InChI is InChI=1S/C16H28N2O3/c19-16(13-4-1-7-17-10-13)18(11-14-5-2-8-20-14)12-15-6-3-9-21-15/h13-15,17H,1-12H2/t13-,14?,15?/m1/s1. The van der Waals surface area contributed by atoms with Gasteiger partial charge in [-0.2, -0.15) is 0 Å². The summed E-state index contributed by atoms with van der Waals surface area (Å²) in [5.41, 5.74) is 0. The molecule has 1 N–H and O–H groups in total. The van der Waals surface area contributed by atoms with E-state index in [9.17, 15) is 4.79 Å². The smallest absolute Gasteiger partial charge is 0.227 e. The highest BCUT2D eigenvalue weighted by Crippen LogP contribution is 2.20. The number of hydrogen-bond donors (Lipinski definition) is 1. The SMILES string of the molecule is O=C([C@@H]1CCCNC1)N(CC1CCCO1)CC1CCCO1. The van der Waals surface area contributed by atoms with Crippen LogP contribution in [-0.4, -0.2) is 62.4 Å². The van der Waals surface area contributed by atoms with E-state index in [1.54, 1.807) is 0 Å². The third-order valence-electron chi connectivity index (χ3n) is 4.85. The lowest BCUT2D eigenvalue weighted by atomic mass is 9.97. The van der Waals surface area contributed by atoms with Crippen LogP contribution < -0.4 is 5.32 Å². The van der Waals surface area contributed by atoms with Gasteiger partial charge in [0.2, 0.25) is 5.91 Å². The highest BCUT2D eigenvalue weighted by Gasteiger charge is 2.31. The molecule has 0 aliphatic carbocycles. The van der Waals surface area contributed by atoms with Gasteiger partial charge in [0.1, 0.15) is 0 Å². The van der Waals surface area contributed by atoms with Crippen LogP contribution in [0.4, 0.5) is 0 Å². The van der Waals surface area contributed by atoms with Crippen molar-refractivity contribution in [1.29, 1.82) is 0 Å². The predicted molar refractivity (Wildman–Crippen MR) is 80.1 cm³/mol. The summed E-state index contributed by atoms with van der Waals surface area (Å²) in [5.74, 6) is 0.440. The zero-order chi connectivity index (χ0) is 14.5. The summed E-state index contributed by atoms with van der Waals surface area (Å²) in [6.45, 7) is 5.05. The average molecular weight is 296 g/mol. The van der Waals surface area contributed by atoms with Gasteiger partial charge in [-0.05, 0) is 45.1 Å². The van der Waals surface area contributed by atoms with Gasteiger partial charge in [-0.1, -0.05) is 0 Å². The summed E-state index contributed by atoms with van der Waals surface area (Å²) >= 11 is 0. The average Bonchev–Trinajstić information content (AvgIpc) is 3.20. The number of piperidine rings is 1. The molecule has 0 saturated carbocycles. The number of nitrogens with zero attached hydrogens (tertiary/aromatic N) is 1. The first-order chi connectivity index (χ1) is 10.3. The quantitative estimate of drug-likeness (QED) is 0.827. The van der Waals surface area contributed by atoms with Crippen LogP contribution in [0.5, 0.6) is 0 Å². The molecule has 21 heavy (non-hydrogen) atoms. The van der Waals surface area contributed by atoms with Crippen LogP contribution in [-0.2, 0) is 14.3 Å². The first-order valence-corrected chi connectivity index (χ1v) is 8.55. The van der Waals surface area contributed by atoms with Gasteiger partial charge in [0.15, 0.2) is 0 Å². The fourth-order valence-electron chi connectivity index (χ4n) is 3.64. The van der Waals surface area contributed by atoms with Crippen molar-refractivity contribution in [1.82, 2.24) is 10.2 Å². The van der Waals surface area contributed by atoms with Crippen molar-refractivity contribution >= 4 is 5.91 Å². The van der Waals surface area contributed by atoms with E-state index in [1.807, 2.05) is 4.90 Å². The Morgan fingerprint density at radius 1 is 1.00 bits per heavy atom. The van der Waals surface area contributed by atoms with Crippen molar-refractivity contribution in [3.05, 3.63) is 0 Å². The second-order valence-electron chi connectivity index (χ2n) is 6.56. The van der Waals surface area contributed by atoms with Gasteiger partial charge in [0.05, 0.1) is 18.1 Å². The number of nitrogens with one attached hydrogen (secondary N) is 1. The number of ether oxygens (including phenoxy) is 2. The Hall–Kier alpha value is -0.650. The van der Waals surface area contributed by atoms with E-state index in [4.69, 9.17) is 9.47 Å². The molecule has 3 heterocycles. The van der Waals surface area contributed by atoms with Crippen LogP contribution in [0.15, 0.2) is 0 Å². The van der Waals surface area contributed by atoms with E-state index in [0.29, 0.717) is 5.91 Å². The normalized spacial score (nSPS) is 33.2. The van der Waals surface area contributed by atoms with Crippen molar-refractivity contribution in [2.45, 2.75) is 50.7 Å². The van der Waals surface area contributed by atoms with Gasteiger partial charge in [-0.3, -0.25) is 4.79 Å². The fourth-order valence-corrected chi connectivity index (χ4v) is 3.64. The van der Waals surface area contributed by atoms with Gasteiger partial charge in [0.25, 0.3) is 0 Å². The van der Waals surface area contributed by atoms with Crippen LogP contribution >= 0.6 is 0 Å². The Bertz CT molecular complexity index is 314. The number of amides is 1. The molecule has 3 fully saturated rings. The molecular weight excluding hydrogens is 268 g/mol. The Kier molecular flexibility index (Phi) is 5.49. The molecule has 0 spiro atoms. The molecule has 5 heteroatoms. The second-order valence-corrected chi connectivity index (χ2v) is 6.56. The maximum Gasteiger partial charge on any atom is 0.227 e. The molecular formula is C16H28N2O3. The molecule has 5 nitrogen and oxygen atoms in total. The van der Waals surface area contributed by atoms with E-state index < -0.39 is 0 Å². The largest absolute Gasteiger partial charge is 0.376 e.